The molecule has 1 aromatic heterocycles. The summed E-state index contributed by atoms with van der Waals surface area (Å²) in [5.74, 6) is 0.381. The van der Waals surface area contributed by atoms with Gasteiger partial charge in [-0.25, -0.2) is 5.43 Å². The van der Waals surface area contributed by atoms with Crippen LogP contribution in [0, 0.1) is 11.3 Å². The molecule has 26 heavy (non-hydrogen) atoms. The molecule has 6 heteroatoms. The maximum Gasteiger partial charge on any atom is 0.292 e. The lowest BCUT2D eigenvalue weighted by molar-refractivity contribution is 0.0947. The maximum atomic E-state index is 12.6. The number of H-pyrrole nitrogens is 1. The normalized spacial score (nSPS) is 17.7. The Morgan fingerprint density at radius 3 is 2.85 bits per heavy atom. The van der Waals surface area contributed by atoms with Gasteiger partial charge in [0.2, 0.25) is 0 Å². The van der Waals surface area contributed by atoms with Gasteiger partial charge in [-0.3, -0.25) is 9.89 Å². The number of aromatic hydroxyl groups is 1. The van der Waals surface area contributed by atoms with E-state index in [0.29, 0.717) is 17.3 Å². The number of hydrogen-bond donors (Lipinski definition) is 3. The molecular formula is C20H26N4O2. The number of nitrogens with one attached hydrogen (secondary N) is 2. The second-order valence-corrected chi connectivity index (χ2v) is 8.02. The van der Waals surface area contributed by atoms with Gasteiger partial charge in [-0.1, -0.05) is 32.9 Å². The number of aryl methyl sites for hydroxylation is 1. The van der Waals surface area contributed by atoms with E-state index in [2.05, 4.69) is 41.5 Å². The van der Waals surface area contributed by atoms with Gasteiger partial charge in [0.25, 0.3) is 5.91 Å². The number of amides is 1. The second-order valence-electron chi connectivity index (χ2n) is 8.02. The molecule has 0 saturated heterocycles. The number of carbonyl (C=O) groups is 1. The minimum atomic E-state index is -0.309. The van der Waals surface area contributed by atoms with Gasteiger partial charge in [0.1, 0.15) is 5.75 Å². The summed E-state index contributed by atoms with van der Waals surface area (Å²) in [6.07, 6.45) is 2.88. The first-order valence-corrected chi connectivity index (χ1v) is 8.96. The van der Waals surface area contributed by atoms with Gasteiger partial charge in [0, 0.05) is 16.8 Å². The minimum absolute atomic E-state index is 0.165. The van der Waals surface area contributed by atoms with Gasteiger partial charge >= 0.3 is 0 Å². The van der Waals surface area contributed by atoms with E-state index in [9.17, 15) is 9.90 Å². The first-order valence-electron chi connectivity index (χ1n) is 8.96. The summed E-state index contributed by atoms with van der Waals surface area (Å²) in [5.41, 5.74) is 6.67. The number of aromatic nitrogens is 2. The zero-order valence-corrected chi connectivity index (χ0v) is 15.8. The monoisotopic (exact) mass is 354 g/mol. The predicted molar refractivity (Wildman–Crippen MR) is 101 cm³/mol. The Morgan fingerprint density at radius 1 is 1.38 bits per heavy atom. The largest absolute Gasteiger partial charge is 0.508 e. The van der Waals surface area contributed by atoms with Crippen molar-refractivity contribution >= 4 is 11.6 Å². The van der Waals surface area contributed by atoms with Crippen molar-refractivity contribution in [3.8, 4) is 5.75 Å². The quantitative estimate of drug-likeness (QED) is 0.583. The molecule has 1 aliphatic rings. The molecule has 1 aliphatic carbocycles. The van der Waals surface area contributed by atoms with E-state index in [1.807, 2.05) is 6.07 Å². The Bertz CT molecular complexity index is 846. The van der Waals surface area contributed by atoms with Crippen molar-refractivity contribution in [2.45, 2.75) is 47.0 Å². The van der Waals surface area contributed by atoms with Gasteiger partial charge in [-0.2, -0.15) is 10.2 Å². The molecule has 3 rings (SSSR count). The third-order valence-corrected chi connectivity index (χ3v) is 5.18. The topological polar surface area (TPSA) is 90.4 Å². The fraction of sp³-hybridized carbons (Fsp3) is 0.450. The number of phenolic OH excluding ortho intramolecular Hbond substituents is 1. The third-order valence-electron chi connectivity index (χ3n) is 5.18. The van der Waals surface area contributed by atoms with Crippen LogP contribution in [-0.4, -0.2) is 26.9 Å². The molecule has 0 saturated carbocycles. The van der Waals surface area contributed by atoms with Crippen molar-refractivity contribution in [3.05, 3.63) is 46.8 Å². The van der Waals surface area contributed by atoms with Crippen molar-refractivity contribution < 1.29 is 9.90 Å². The molecule has 1 unspecified atom stereocenters. The highest BCUT2D eigenvalue weighted by Crippen LogP contribution is 2.37. The van der Waals surface area contributed by atoms with Gasteiger partial charge in [0.05, 0.1) is 5.71 Å². The Balaban J connectivity index is 1.76. The van der Waals surface area contributed by atoms with Crippen molar-refractivity contribution in [1.29, 1.82) is 0 Å². The highest BCUT2D eigenvalue weighted by molar-refractivity contribution is 6.01. The average molecular weight is 354 g/mol. The molecule has 1 aromatic carbocycles. The summed E-state index contributed by atoms with van der Waals surface area (Å²) in [6.45, 7) is 8.51. The molecule has 1 heterocycles. The molecule has 6 nitrogen and oxygen atoms in total. The Labute approximate surface area is 153 Å². The molecular weight excluding hydrogens is 328 g/mol. The number of rotatable bonds is 3. The fourth-order valence-electron chi connectivity index (χ4n) is 3.41. The van der Waals surface area contributed by atoms with E-state index in [0.717, 1.165) is 36.1 Å². The number of carbonyl (C=O) groups excluding carboxylic acids is 1. The molecule has 0 spiro atoms. The molecule has 0 fully saturated rings. The Hall–Kier alpha value is -2.63. The zero-order valence-electron chi connectivity index (χ0n) is 15.8. The van der Waals surface area contributed by atoms with E-state index in [4.69, 9.17) is 0 Å². The van der Waals surface area contributed by atoms with Crippen LogP contribution in [0.1, 0.15) is 61.4 Å². The van der Waals surface area contributed by atoms with Crippen molar-refractivity contribution in [1.82, 2.24) is 15.6 Å². The van der Waals surface area contributed by atoms with Gasteiger partial charge < -0.3 is 5.11 Å². The van der Waals surface area contributed by atoms with Crippen LogP contribution in [0.4, 0.5) is 0 Å². The molecule has 0 aliphatic heterocycles. The first-order chi connectivity index (χ1) is 12.3. The summed E-state index contributed by atoms with van der Waals surface area (Å²) in [5, 5.41) is 21.0. The number of hydrazone groups is 1. The first kappa shape index (κ1) is 18.2. The molecule has 1 amide bonds. The van der Waals surface area contributed by atoms with Crippen molar-refractivity contribution in [2.75, 3.05) is 0 Å². The third kappa shape index (κ3) is 3.79. The highest BCUT2D eigenvalue weighted by Gasteiger charge is 2.32. The smallest absolute Gasteiger partial charge is 0.292 e. The molecule has 2 aromatic rings. The van der Waals surface area contributed by atoms with E-state index in [1.165, 1.54) is 0 Å². The Morgan fingerprint density at radius 2 is 2.15 bits per heavy atom. The van der Waals surface area contributed by atoms with E-state index >= 15 is 0 Å². The van der Waals surface area contributed by atoms with Gasteiger partial charge in [-0.05, 0) is 49.7 Å². The SMILES string of the molecule is CC(=NNC(=O)c1n[nH]c2c1CC(C(C)(C)C)CC2)c1cccc(O)c1. The van der Waals surface area contributed by atoms with Crippen LogP contribution in [0.3, 0.4) is 0 Å². The average Bonchev–Trinajstić information content (AvgIpc) is 3.02. The van der Waals surface area contributed by atoms with Gasteiger partial charge in [-0.15, -0.1) is 0 Å². The second kappa shape index (κ2) is 6.94. The lowest BCUT2D eigenvalue weighted by Crippen LogP contribution is -2.28. The summed E-state index contributed by atoms with van der Waals surface area (Å²) >= 11 is 0. The Kier molecular flexibility index (Phi) is 4.85. The molecule has 3 N–H and O–H groups in total. The summed E-state index contributed by atoms with van der Waals surface area (Å²) in [7, 11) is 0. The summed E-state index contributed by atoms with van der Waals surface area (Å²) in [4.78, 5) is 12.6. The fourth-order valence-corrected chi connectivity index (χ4v) is 3.41. The molecule has 1 atom stereocenters. The lowest BCUT2D eigenvalue weighted by Gasteiger charge is -2.33. The molecule has 138 valence electrons. The summed E-state index contributed by atoms with van der Waals surface area (Å²) in [6, 6.07) is 6.77. The summed E-state index contributed by atoms with van der Waals surface area (Å²) < 4.78 is 0. The van der Waals surface area contributed by atoms with Crippen LogP contribution in [0.25, 0.3) is 0 Å². The number of benzene rings is 1. The maximum absolute atomic E-state index is 12.6. The van der Waals surface area contributed by atoms with Crippen molar-refractivity contribution in [3.63, 3.8) is 0 Å². The van der Waals surface area contributed by atoms with Gasteiger partial charge in [0.15, 0.2) is 5.69 Å². The van der Waals surface area contributed by atoms with E-state index in [1.54, 1.807) is 25.1 Å². The zero-order chi connectivity index (χ0) is 18.9. The van der Waals surface area contributed by atoms with Crippen molar-refractivity contribution in [2.24, 2.45) is 16.4 Å². The number of nitrogens with zero attached hydrogens (tertiary/aromatic N) is 2. The van der Waals surface area contributed by atoms with E-state index in [-0.39, 0.29) is 17.1 Å². The van der Waals surface area contributed by atoms with Crippen LogP contribution in [0.5, 0.6) is 5.75 Å². The van der Waals surface area contributed by atoms with Crippen LogP contribution >= 0.6 is 0 Å². The lowest BCUT2D eigenvalue weighted by atomic mass is 9.71. The standard InChI is InChI=1S/C20H26N4O2/c1-12(13-6-5-7-15(25)10-13)21-24-19(26)18-16-11-14(20(2,3)4)8-9-17(16)22-23-18/h5-7,10,14,25H,8-9,11H2,1-4H3,(H,22,23)(H,24,26). The predicted octanol–water partition coefficient (Wildman–Crippen LogP) is 3.42. The molecule has 0 bridgehead atoms. The number of aromatic amines is 1. The van der Waals surface area contributed by atoms with Crippen LogP contribution in [0.15, 0.2) is 29.4 Å². The number of phenols is 1. The van der Waals surface area contributed by atoms with Crippen LogP contribution in [-0.2, 0) is 12.8 Å². The van der Waals surface area contributed by atoms with E-state index < -0.39 is 0 Å². The van der Waals surface area contributed by atoms with Crippen LogP contribution < -0.4 is 5.43 Å². The molecule has 0 radical (unpaired) electrons. The number of hydrogen-bond acceptors (Lipinski definition) is 4. The number of fused-ring (bicyclic) bond motifs is 1. The highest BCUT2D eigenvalue weighted by atomic mass is 16.3. The minimum Gasteiger partial charge on any atom is -0.508 e. The van der Waals surface area contributed by atoms with Crippen LogP contribution in [0.2, 0.25) is 0 Å².